The van der Waals surface area contributed by atoms with E-state index in [1.54, 1.807) is 6.07 Å². The molecule has 1 aromatic rings. The zero-order chi connectivity index (χ0) is 18.3. The van der Waals surface area contributed by atoms with Crippen molar-refractivity contribution in [1.82, 2.24) is 9.80 Å². The number of rotatable bonds is 6. The van der Waals surface area contributed by atoms with Crippen LogP contribution >= 0.6 is 0 Å². The average molecular weight is 351 g/mol. The molecule has 4 N–H and O–H groups in total. The summed E-state index contributed by atoms with van der Waals surface area (Å²) >= 11 is 0. The highest BCUT2D eigenvalue weighted by atomic mass is 19.1. The number of aliphatic hydroxyl groups excluding tert-OH is 1. The van der Waals surface area contributed by atoms with Gasteiger partial charge in [-0.3, -0.25) is 9.89 Å². The molecule has 1 saturated heterocycles. The fourth-order valence-corrected chi connectivity index (χ4v) is 2.59. The van der Waals surface area contributed by atoms with Crippen molar-refractivity contribution >= 4 is 11.6 Å². The Hall–Kier alpha value is -1.70. The number of benzene rings is 1. The smallest absolute Gasteiger partial charge is 0.198 e. The van der Waals surface area contributed by atoms with E-state index in [0.29, 0.717) is 25.3 Å². The second kappa shape index (κ2) is 9.12. The minimum absolute atomic E-state index is 0.0897. The van der Waals surface area contributed by atoms with E-state index in [-0.39, 0.29) is 17.8 Å². The van der Waals surface area contributed by atoms with Gasteiger partial charge in [0.1, 0.15) is 5.82 Å². The molecule has 1 fully saturated rings. The van der Waals surface area contributed by atoms with Crippen molar-refractivity contribution in [3.63, 3.8) is 0 Å². The number of nitrogens with zero attached hydrogens (tertiary/aromatic N) is 3. The Morgan fingerprint density at radius 2 is 2.04 bits per heavy atom. The first-order chi connectivity index (χ1) is 11.9. The van der Waals surface area contributed by atoms with Gasteiger partial charge in [-0.05, 0) is 30.2 Å². The quantitative estimate of drug-likeness (QED) is 0.530. The number of halogens is 1. The lowest BCUT2D eigenvalue weighted by Gasteiger charge is -2.36. The van der Waals surface area contributed by atoms with Gasteiger partial charge < -0.3 is 21.1 Å². The number of nitrogens with one attached hydrogen (secondary N) is 1. The van der Waals surface area contributed by atoms with Gasteiger partial charge in [0.05, 0.1) is 6.61 Å². The number of guanidine groups is 1. The number of piperazine rings is 1. The minimum Gasteiger partial charge on any atom is -0.395 e. The summed E-state index contributed by atoms with van der Waals surface area (Å²) in [5, 5.41) is 12.3. The third-order valence-electron chi connectivity index (χ3n) is 4.38. The van der Waals surface area contributed by atoms with E-state index in [1.165, 1.54) is 12.1 Å². The summed E-state index contributed by atoms with van der Waals surface area (Å²) < 4.78 is 13.5. The van der Waals surface area contributed by atoms with Gasteiger partial charge in [0.25, 0.3) is 0 Å². The van der Waals surface area contributed by atoms with Crippen LogP contribution in [-0.4, -0.2) is 73.3 Å². The van der Waals surface area contributed by atoms with Gasteiger partial charge in [-0.15, -0.1) is 0 Å². The minimum atomic E-state index is -0.278. The van der Waals surface area contributed by atoms with Crippen LogP contribution in [0.4, 0.5) is 10.1 Å². The second-order valence-electron chi connectivity index (χ2n) is 7.20. The molecule has 0 unspecified atom stereocenters. The number of aliphatic imine (C=N–C) groups is 1. The van der Waals surface area contributed by atoms with Gasteiger partial charge in [0.15, 0.2) is 5.96 Å². The molecule has 0 bridgehead atoms. The van der Waals surface area contributed by atoms with Gasteiger partial charge in [0, 0.05) is 45.0 Å². The molecular formula is C18H30FN5O. The monoisotopic (exact) mass is 351 g/mol. The van der Waals surface area contributed by atoms with Crippen LogP contribution in [0.1, 0.15) is 13.8 Å². The molecule has 0 saturated carbocycles. The molecule has 0 radical (unpaired) electrons. The number of nitrogens with two attached hydrogens (primary N) is 1. The lowest BCUT2D eigenvalue weighted by molar-refractivity contribution is 0.147. The van der Waals surface area contributed by atoms with Crippen molar-refractivity contribution in [2.75, 3.05) is 57.7 Å². The molecular weight excluding hydrogens is 321 g/mol. The predicted molar refractivity (Wildman–Crippen MR) is 100 cm³/mol. The topological polar surface area (TPSA) is 77.1 Å². The van der Waals surface area contributed by atoms with Crippen molar-refractivity contribution in [3.8, 4) is 0 Å². The third kappa shape index (κ3) is 6.26. The van der Waals surface area contributed by atoms with E-state index < -0.39 is 0 Å². The number of anilines is 1. The number of β-amino-alcohol motifs (C(OH)–C–C–N with tert-alkyl or cyclic N) is 1. The van der Waals surface area contributed by atoms with Crippen LogP contribution < -0.4 is 11.1 Å². The average Bonchev–Trinajstić information content (AvgIpc) is 2.60. The zero-order valence-corrected chi connectivity index (χ0v) is 15.2. The van der Waals surface area contributed by atoms with Gasteiger partial charge in [-0.25, -0.2) is 4.39 Å². The normalized spacial score (nSPS) is 17.0. The molecule has 0 spiro atoms. The number of aliphatic hydroxyl groups is 1. The highest BCUT2D eigenvalue weighted by Crippen LogP contribution is 2.15. The maximum Gasteiger partial charge on any atom is 0.198 e. The van der Waals surface area contributed by atoms with Gasteiger partial charge >= 0.3 is 0 Å². The number of hydrogen-bond donors (Lipinski definition) is 3. The summed E-state index contributed by atoms with van der Waals surface area (Å²) in [4.78, 5) is 9.14. The Labute approximate surface area is 149 Å². The molecule has 2 rings (SSSR count). The Bertz CT molecular complexity index is 570. The zero-order valence-electron chi connectivity index (χ0n) is 15.2. The van der Waals surface area contributed by atoms with Gasteiger partial charge in [0.2, 0.25) is 0 Å². The maximum absolute atomic E-state index is 13.5. The molecule has 25 heavy (non-hydrogen) atoms. The molecule has 0 aromatic heterocycles. The Kier molecular flexibility index (Phi) is 7.16. The second-order valence-corrected chi connectivity index (χ2v) is 7.20. The predicted octanol–water partition coefficient (Wildman–Crippen LogP) is 1.19. The summed E-state index contributed by atoms with van der Waals surface area (Å²) in [6.45, 7) is 9.52. The van der Waals surface area contributed by atoms with Crippen LogP contribution in [0.25, 0.3) is 0 Å². The van der Waals surface area contributed by atoms with Crippen molar-refractivity contribution in [3.05, 3.63) is 30.1 Å². The van der Waals surface area contributed by atoms with Crippen LogP contribution in [0.2, 0.25) is 0 Å². The fraction of sp³-hybridized carbons (Fsp3) is 0.611. The fourth-order valence-electron chi connectivity index (χ4n) is 2.59. The molecule has 1 aromatic carbocycles. The Balaban J connectivity index is 2.10. The van der Waals surface area contributed by atoms with Crippen molar-refractivity contribution in [2.24, 2.45) is 16.1 Å². The SMILES string of the molecule is CC(C)(CN)CN=C(Nc1cccc(F)c1)N1CCN(CCO)CC1. The molecule has 0 aliphatic carbocycles. The van der Waals surface area contributed by atoms with Gasteiger partial charge in [-0.1, -0.05) is 19.9 Å². The summed E-state index contributed by atoms with van der Waals surface area (Å²) in [5.41, 5.74) is 6.40. The molecule has 7 heteroatoms. The number of hydrogen-bond acceptors (Lipinski definition) is 4. The van der Waals surface area contributed by atoms with E-state index in [9.17, 15) is 4.39 Å². The molecule has 0 amide bonds. The van der Waals surface area contributed by atoms with Crippen molar-refractivity contribution in [1.29, 1.82) is 0 Å². The van der Waals surface area contributed by atoms with Crippen molar-refractivity contribution in [2.45, 2.75) is 13.8 Å². The standard InChI is InChI=1S/C18H30FN5O/c1-18(2,13-20)14-21-17(22-16-5-3-4-15(19)12-16)24-8-6-23(7-9-24)10-11-25/h3-5,12,25H,6-11,13-14,20H2,1-2H3,(H,21,22). The van der Waals surface area contributed by atoms with E-state index in [1.807, 2.05) is 6.07 Å². The first kappa shape index (κ1) is 19.6. The summed E-state index contributed by atoms with van der Waals surface area (Å²) in [6.07, 6.45) is 0. The first-order valence-electron chi connectivity index (χ1n) is 8.79. The first-order valence-corrected chi connectivity index (χ1v) is 8.79. The van der Waals surface area contributed by atoms with Crippen LogP contribution in [0.3, 0.4) is 0 Å². The van der Waals surface area contributed by atoms with Gasteiger partial charge in [-0.2, -0.15) is 0 Å². The summed E-state index contributed by atoms with van der Waals surface area (Å²) in [5.74, 6) is 0.468. The molecule has 1 aliphatic heterocycles. The highest BCUT2D eigenvalue weighted by molar-refractivity contribution is 5.93. The largest absolute Gasteiger partial charge is 0.395 e. The summed E-state index contributed by atoms with van der Waals surface area (Å²) in [6, 6.07) is 6.39. The molecule has 6 nitrogen and oxygen atoms in total. The lowest BCUT2D eigenvalue weighted by Crippen LogP contribution is -2.51. The molecule has 140 valence electrons. The molecule has 1 aliphatic rings. The van der Waals surface area contributed by atoms with E-state index >= 15 is 0 Å². The van der Waals surface area contributed by atoms with Crippen LogP contribution in [0.15, 0.2) is 29.3 Å². The third-order valence-corrected chi connectivity index (χ3v) is 4.38. The molecule has 0 atom stereocenters. The van der Waals surface area contributed by atoms with E-state index in [0.717, 1.165) is 32.1 Å². The van der Waals surface area contributed by atoms with Crippen LogP contribution in [0.5, 0.6) is 0 Å². The van der Waals surface area contributed by atoms with E-state index in [2.05, 4.69) is 29.0 Å². The molecule has 1 heterocycles. The van der Waals surface area contributed by atoms with Crippen LogP contribution in [0, 0.1) is 11.2 Å². The van der Waals surface area contributed by atoms with Crippen LogP contribution in [-0.2, 0) is 0 Å². The summed E-state index contributed by atoms with van der Waals surface area (Å²) in [7, 11) is 0. The van der Waals surface area contributed by atoms with E-state index in [4.69, 9.17) is 15.8 Å². The Morgan fingerprint density at radius 1 is 1.32 bits per heavy atom. The lowest BCUT2D eigenvalue weighted by atomic mass is 9.94. The maximum atomic E-state index is 13.5. The highest BCUT2D eigenvalue weighted by Gasteiger charge is 2.21. The Morgan fingerprint density at radius 3 is 2.64 bits per heavy atom. The van der Waals surface area contributed by atoms with Crippen molar-refractivity contribution < 1.29 is 9.50 Å².